The van der Waals surface area contributed by atoms with Crippen molar-refractivity contribution in [2.75, 3.05) is 6.61 Å². The van der Waals surface area contributed by atoms with Gasteiger partial charge in [-0.15, -0.1) is 0 Å². The maximum absolute atomic E-state index is 12.0. The summed E-state index contributed by atoms with van der Waals surface area (Å²) in [6.07, 6.45) is 0.708. The Kier molecular flexibility index (Phi) is 4.78. The SMILES string of the molecule is CCOC(=O)C(C)(C)Cc1ccccc1C(C)(C)C. The molecule has 0 unspecified atom stereocenters. The van der Waals surface area contributed by atoms with Gasteiger partial charge in [-0.2, -0.15) is 0 Å². The van der Waals surface area contributed by atoms with E-state index in [1.807, 2.05) is 26.8 Å². The summed E-state index contributed by atoms with van der Waals surface area (Å²) in [5.41, 5.74) is 2.12. The molecule has 0 aromatic heterocycles. The molecule has 0 aliphatic carbocycles. The highest BCUT2D eigenvalue weighted by atomic mass is 16.5. The summed E-state index contributed by atoms with van der Waals surface area (Å²) in [5.74, 6) is -0.126. The van der Waals surface area contributed by atoms with Crippen LogP contribution in [0.15, 0.2) is 24.3 Å². The molecule has 0 aliphatic rings. The Morgan fingerprint density at radius 1 is 1.11 bits per heavy atom. The first-order valence-corrected chi connectivity index (χ1v) is 6.94. The zero-order chi connectivity index (χ0) is 14.7. The molecule has 0 spiro atoms. The molecule has 0 bridgehead atoms. The summed E-state index contributed by atoms with van der Waals surface area (Å²) in [6, 6.07) is 8.35. The molecular formula is C17H26O2. The average Bonchev–Trinajstić information content (AvgIpc) is 2.28. The standard InChI is InChI=1S/C17H26O2/c1-7-19-15(18)17(5,6)12-13-10-8-9-11-14(13)16(2,3)4/h8-11H,7,12H2,1-6H3. The Labute approximate surface area is 117 Å². The summed E-state index contributed by atoms with van der Waals surface area (Å²) in [6.45, 7) is 12.8. The van der Waals surface area contributed by atoms with E-state index >= 15 is 0 Å². The molecule has 1 aromatic carbocycles. The molecular weight excluding hydrogens is 236 g/mol. The maximum Gasteiger partial charge on any atom is 0.311 e. The van der Waals surface area contributed by atoms with E-state index in [0.717, 1.165) is 0 Å². The van der Waals surface area contributed by atoms with Crippen LogP contribution in [0.3, 0.4) is 0 Å². The van der Waals surface area contributed by atoms with Crippen molar-refractivity contribution < 1.29 is 9.53 Å². The van der Waals surface area contributed by atoms with Gasteiger partial charge in [-0.1, -0.05) is 45.0 Å². The van der Waals surface area contributed by atoms with Crippen molar-refractivity contribution in [3.05, 3.63) is 35.4 Å². The summed E-state index contributed by atoms with van der Waals surface area (Å²) in [7, 11) is 0. The Morgan fingerprint density at radius 2 is 1.68 bits per heavy atom. The molecule has 106 valence electrons. The number of rotatable bonds is 4. The highest BCUT2D eigenvalue weighted by Gasteiger charge is 2.31. The van der Waals surface area contributed by atoms with Crippen molar-refractivity contribution in [3.63, 3.8) is 0 Å². The third-order valence-electron chi connectivity index (χ3n) is 3.29. The van der Waals surface area contributed by atoms with Crippen molar-refractivity contribution in [1.29, 1.82) is 0 Å². The first-order valence-electron chi connectivity index (χ1n) is 6.94. The minimum Gasteiger partial charge on any atom is -0.466 e. The van der Waals surface area contributed by atoms with Crippen molar-refractivity contribution in [3.8, 4) is 0 Å². The molecule has 0 N–H and O–H groups in total. The van der Waals surface area contributed by atoms with Gasteiger partial charge in [-0.3, -0.25) is 4.79 Å². The van der Waals surface area contributed by atoms with E-state index in [9.17, 15) is 4.79 Å². The second-order valence-corrected chi connectivity index (χ2v) is 6.69. The lowest BCUT2D eigenvalue weighted by atomic mass is 9.78. The number of hydrogen-bond donors (Lipinski definition) is 0. The number of ether oxygens (including phenoxy) is 1. The third-order valence-corrected chi connectivity index (χ3v) is 3.29. The predicted octanol–water partition coefficient (Wildman–Crippen LogP) is 4.12. The number of carbonyl (C=O) groups excluding carboxylic acids is 1. The van der Waals surface area contributed by atoms with Crippen LogP contribution in [0.25, 0.3) is 0 Å². The van der Waals surface area contributed by atoms with E-state index < -0.39 is 5.41 Å². The van der Waals surface area contributed by atoms with Gasteiger partial charge in [0.2, 0.25) is 0 Å². The molecule has 0 atom stereocenters. The van der Waals surface area contributed by atoms with Gasteiger partial charge < -0.3 is 4.74 Å². The first-order chi connectivity index (χ1) is 8.68. The van der Waals surface area contributed by atoms with E-state index in [2.05, 4.69) is 39.0 Å². The van der Waals surface area contributed by atoms with Crippen LogP contribution in [0, 0.1) is 5.41 Å². The Morgan fingerprint density at radius 3 is 2.21 bits per heavy atom. The maximum atomic E-state index is 12.0. The Balaban J connectivity index is 3.03. The predicted molar refractivity (Wildman–Crippen MR) is 79.3 cm³/mol. The van der Waals surface area contributed by atoms with Gasteiger partial charge in [0.05, 0.1) is 12.0 Å². The number of benzene rings is 1. The van der Waals surface area contributed by atoms with Crippen LogP contribution in [0.4, 0.5) is 0 Å². The van der Waals surface area contributed by atoms with E-state index in [1.54, 1.807) is 0 Å². The van der Waals surface area contributed by atoms with Crippen molar-refractivity contribution in [2.24, 2.45) is 5.41 Å². The lowest BCUT2D eigenvalue weighted by Gasteiger charge is -2.28. The molecule has 2 heteroatoms. The van der Waals surface area contributed by atoms with Gasteiger partial charge in [0.15, 0.2) is 0 Å². The van der Waals surface area contributed by atoms with Gasteiger partial charge in [-0.05, 0) is 43.7 Å². The normalized spacial score (nSPS) is 12.3. The molecule has 0 heterocycles. The van der Waals surface area contributed by atoms with Crippen LogP contribution in [0.2, 0.25) is 0 Å². The van der Waals surface area contributed by atoms with E-state index in [0.29, 0.717) is 13.0 Å². The van der Waals surface area contributed by atoms with Crippen molar-refractivity contribution in [2.45, 2.75) is 53.4 Å². The van der Waals surface area contributed by atoms with E-state index in [1.165, 1.54) is 11.1 Å². The summed E-state index contributed by atoms with van der Waals surface area (Å²) in [4.78, 5) is 12.0. The highest BCUT2D eigenvalue weighted by molar-refractivity contribution is 5.76. The van der Waals surface area contributed by atoms with Crippen LogP contribution in [-0.2, 0) is 21.4 Å². The van der Waals surface area contributed by atoms with Crippen LogP contribution in [0.1, 0.15) is 52.7 Å². The fourth-order valence-electron chi connectivity index (χ4n) is 2.28. The summed E-state index contributed by atoms with van der Waals surface area (Å²) >= 11 is 0. The monoisotopic (exact) mass is 262 g/mol. The van der Waals surface area contributed by atoms with Crippen molar-refractivity contribution >= 4 is 5.97 Å². The Bertz CT molecular complexity index is 439. The molecule has 1 aromatic rings. The smallest absolute Gasteiger partial charge is 0.311 e. The number of hydrogen-bond acceptors (Lipinski definition) is 2. The second-order valence-electron chi connectivity index (χ2n) is 6.69. The van der Waals surface area contributed by atoms with Crippen LogP contribution in [-0.4, -0.2) is 12.6 Å². The van der Waals surface area contributed by atoms with Gasteiger partial charge in [0.1, 0.15) is 0 Å². The summed E-state index contributed by atoms with van der Waals surface area (Å²) in [5, 5.41) is 0. The lowest BCUT2D eigenvalue weighted by molar-refractivity contribution is -0.153. The quantitative estimate of drug-likeness (QED) is 0.763. The lowest BCUT2D eigenvalue weighted by Crippen LogP contribution is -2.30. The molecule has 1 rings (SSSR count). The number of esters is 1. The molecule has 0 aliphatic heterocycles. The highest BCUT2D eigenvalue weighted by Crippen LogP contribution is 2.31. The summed E-state index contributed by atoms with van der Waals surface area (Å²) < 4.78 is 5.17. The molecule has 0 saturated carbocycles. The van der Waals surface area contributed by atoms with Gasteiger partial charge in [-0.25, -0.2) is 0 Å². The average molecular weight is 262 g/mol. The molecule has 2 nitrogen and oxygen atoms in total. The fourth-order valence-corrected chi connectivity index (χ4v) is 2.28. The molecule has 0 saturated heterocycles. The van der Waals surface area contributed by atoms with Gasteiger partial charge >= 0.3 is 5.97 Å². The van der Waals surface area contributed by atoms with Gasteiger partial charge in [0.25, 0.3) is 0 Å². The van der Waals surface area contributed by atoms with E-state index in [-0.39, 0.29) is 11.4 Å². The molecule has 0 fully saturated rings. The zero-order valence-corrected chi connectivity index (χ0v) is 13.0. The largest absolute Gasteiger partial charge is 0.466 e. The minimum absolute atomic E-state index is 0.0847. The van der Waals surface area contributed by atoms with Crippen molar-refractivity contribution in [1.82, 2.24) is 0 Å². The third kappa shape index (κ3) is 4.09. The number of carbonyl (C=O) groups is 1. The second kappa shape index (κ2) is 5.77. The van der Waals surface area contributed by atoms with Crippen LogP contribution < -0.4 is 0 Å². The molecule has 19 heavy (non-hydrogen) atoms. The first kappa shape index (κ1) is 15.7. The Hall–Kier alpha value is -1.31. The van der Waals surface area contributed by atoms with Crippen LogP contribution >= 0.6 is 0 Å². The fraction of sp³-hybridized carbons (Fsp3) is 0.588. The zero-order valence-electron chi connectivity index (χ0n) is 13.0. The minimum atomic E-state index is -0.489. The topological polar surface area (TPSA) is 26.3 Å². The van der Waals surface area contributed by atoms with Gasteiger partial charge in [0, 0.05) is 0 Å². The van der Waals surface area contributed by atoms with E-state index in [4.69, 9.17) is 4.74 Å². The van der Waals surface area contributed by atoms with Crippen LogP contribution in [0.5, 0.6) is 0 Å². The molecule has 0 radical (unpaired) electrons. The molecule has 0 amide bonds.